The topological polar surface area (TPSA) is 54.2 Å². The van der Waals surface area contributed by atoms with E-state index in [9.17, 15) is 0 Å². The van der Waals surface area contributed by atoms with Crippen molar-refractivity contribution in [2.45, 2.75) is 38.8 Å². The smallest absolute Gasteiger partial charge is 0.244 e. The number of likely N-dealkylation sites (tertiary alicyclic amines) is 1. The van der Waals surface area contributed by atoms with Crippen LogP contribution in [0.2, 0.25) is 0 Å². The maximum atomic E-state index is 5.53. The highest BCUT2D eigenvalue weighted by Gasteiger charge is 2.27. The minimum absolute atomic E-state index is 0. The van der Waals surface area contributed by atoms with Gasteiger partial charge in [-0.2, -0.15) is 4.98 Å². The van der Waals surface area contributed by atoms with Gasteiger partial charge in [-0.05, 0) is 45.8 Å². The van der Waals surface area contributed by atoms with Crippen molar-refractivity contribution in [3.63, 3.8) is 0 Å². The fraction of sp³-hybridized carbons (Fsp3) is 0.529. The van der Waals surface area contributed by atoms with Gasteiger partial charge in [-0.25, -0.2) is 0 Å². The first-order valence-electron chi connectivity index (χ1n) is 8.00. The van der Waals surface area contributed by atoms with Gasteiger partial charge in [-0.15, -0.1) is 12.4 Å². The number of hydrogen-bond acceptors (Lipinski definition) is 5. The summed E-state index contributed by atoms with van der Waals surface area (Å²) in [5, 5.41) is 7.54. The van der Waals surface area contributed by atoms with E-state index in [4.69, 9.17) is 4.52 Å². The number of piperidine rings is 1. The molecular weight excluding hydrogens is 312 g/mol. The van der Waals surface area contributed by atoms with E-state index in [2.05, 4.69) is 40.3 Å². The van der Waals surface area contributed by atoms with E-state index in [1.54, 1.807) is 0 Å². The molecule has 1 fully saturated rings. The van der Waals surface area contributed by atoms with Gasteiger partial charge < -0.3 is 9.84 Å². The molecule has 0 radical (unpaired) electrons. The van der Waals surface area contributed by atoms with E-state index in [0.717, 1.165) is 24.2 Å². The van der Waals surface area contributed by atoms with E-state index in [-0.39, 0.29) is 18.4 Å². The third kappa shape index (κ3) is 3.91. The largest absolute Gasteiger partial charge is 0.337 e. The lowest BCUT2D eigenvalue weighted by Crippen LogP contribution is -2.45. The van der Waals surface area contributed by atoms with Gasteiger partial charge in [0.05, 0.1) is 6.04 Å². The molecule has 1 saturated heterocycles. The first kappa shape index (κ1) is 17.9. The Balaban J connectivity index is 0.00000192. The van der Waals surface area contributed by atoms with E-state index < -0.39 is 0 Å². The van der Waals surface area contributed by atoms with Crippen molar-refractivity contribution in [1.29, 1.82) is 0 Å². The molecule has 0 saturated carbocycles. The second-order valence-corrected chi connectivity index (χ2v) is 6.07. The summed E-state index contributed by atoms with van der Waals surface area (Å²) in [4.78, 5) is 7.04. The average molecular weight is 337 g/mol. The van der Waals surface area contributed by atoms with Gasteiger partial charge in [-0.3, -0.25) is 4.90 Å². The van der Waals surface area contributed by atoms with E-state index in [1.807, 2.05) is 25.2 Å². The summed E-state index contributed by atoms with van der Waals surface area (Å²) in [7, 11) is 2.03. The van der Waals surface area contributed by atoms with Crippen molar-refractivity contribution in [3.05, 3.63) is 35.7 Å². The number of halogens is 1. The lowest BCUT2D eigenvalue weighted by atomic mass is 10.0. The number of hydrogen-bond donors (Lipinski definition) is 1. The molecule has 1 N–H and O–H groups in total. The molecule has 0 spiro atoms. The van der Waals surface area contributed by atoms with Crippen LogP contribution in [0, 0.1) is 6.92 Å². The Kier molecular flexibility index (Phi) is 6.16. The quantitative estimate of drug-likeness (QED) is 0.929. The predicted molar refractivity (Wildman–Crippen MR) is 93.8 cm³/mol. The minimum Gasteiger partial charge on any atom is -0.337 e. The van der Waals surface area contributed by atoms with Crippen LogP contribution in [-0.2, 0) is 0 Å². The number of aromatic nitrogens is 2. The van der Waals surface area contributed by atoms with Crippen LogP contribution >= 0.6 is 12.4 Å². The number of benzene rings is 1. The molecule has 1 aromatic carbocycles. The van der Waals surface area contributed by atoms with Gasteiger partial charge in [0.25, 0.3) is 0 Å². The van der Waals surface area contributed by atoms with Gasteiger partial charge in [-0.1, -0.05) is 29.4 Å². The first-order chi connectivity index (χ1) is 10.7. The lowest BCUT2D eigenvalue weighted by Gasteiger charge is -2.35. The average Bonchev–Trinajstić information content (AvgIpc) is 3.04. The Morgan fingerprint density at radius 2 is 2.13 bits per heavy atom. The second kappa shape index (κ2) is 7.90. The van der Waals surface area contributed by atoms with Crippen molar-refractivity contribution in [2.75, 3.05) is 20.1 Å². The van der Waals surface area contributed by atoms with Crippen LogP contribution in [0.1, 0.15) is 37.3 Å². The summed E-state index contributed by atoms with van der Waals surface area (Å²) in [5.41, 5.74) is 2.20. The number of likely N-dealkylation sites (N-methyl/N-ethyl adjacent to an activating group) is 1. The maximum Gasteiger partial charge on any atom is 0.244 e. The molecule has 1 aliphatic rings. The number of rotatable bonds is 4. The molecule has 6 heteroatoms. The van der Waals surface area contributed by atoms with Crippen LogP contribution in [-0.4, -0.2) is 41.2 Å². The monoisotopic (exact) mass is 336 g/mol. The Morgan fingerprint density at radius 3 is 2.87 bits per heavy atom. The molecule has 1 aliphatic heterocycles. The van der Waals surface area contributed by atoms with Gasteiger partial charge >= 0.3 is 0 Å². The zero-order chi connectivity index (χ0) is 15.5. The van der Waals surface area contributed by atoms with Crippen LogP contribution in [0.25, 0.3) is 11.4 Å². The SMILES string of the molecule is CNC1CCCN(C(C)c2nc(-c3ccccc3C)no2)C1.Cl. The van der Waals surface area contributed by atoms with Crippen LogP contribution in [0.4, 0.5) is 0 Å². The molecule has 2 heterocycles. The summed E-state index contributed by atoms with van der Waals surface area (Å²) in [5.74, 6) is 1.39. The van der Waals surface area contributed by atoms with Gasteiger partial charge in [0.15, 0.2) is 0 Å². The molecule has 2 unspecified atom stereocenters. The Labute approximate surface area is 143 Å². The summed E-state index contributed by atoms with van der Waals surface area (Å²) < 4.78 is 5.53. The Morgan fingerprint density at radius 1 is 1.35 bits per heavy atom. The van der Waals surface area contributed by atoms with Crippen molar-refractivity contribution >= 4 is 12.4 Å². The summed E-state index contributed by atoms with van der Waals surface area (Å²) in [6.07, 6.45) is 2.44. The minimum atomic E-state index is 0. The summed E-state index contributed by atoms with van der Waals surface area (Å²) >= 11 is 0. The highest BCUT2D eigenvalue weighted by atomic mass is 35.5. The van der Waals surface area contributed by atoms with Gasteiger partial charge in [0.1, 0.15) is 0 Å². The van der Waals surface area contributed by atoms with Crippen LogP contribution in [0.3, 0.4) is 0 Å². The first-order valence-corrected chi connectivity index (χ1v) is 8.00. The van der Waals surface area contributed by atoms with Crippen molar-refractivity contribution in [2.24, 2.45) is 0 Å². The van der Waals surface area contributed by atoms with Crippen molar-refractivity contribution < 1.29 is 4.52 Å². The van der Waals surface area contributed by atoms with E-state index in [0.29, 0.717) is 17.8 Å². The molecule has 5 nitrogen and oxygen atoms in total. The fourth-order valence-corrected chi connectivity index (χ4v) is 3.09. The van der Waals surface area contributed by atoms with E-state index in [1.165, 1.54) is 12.8 Å². The van der Waals surface area contributed by atoms with Crippen LogP contribution in [0.15, 0.2) is 28.8 Å². The molecular formula is C17H25ClN4O. The second-order valence-electron chi connectivity index (χ2n) is 6.07. The standard InChI is InChI=1S/C17H24N4O.ClH/c1-12-7-4-5-9-15(12)16-19-17(22-20-16)13(2)21-10-6-8-14(11-21)18-3;/h4-5,7,9,13-14,18H,6,8,10-11H2,1-3H3;1H. The number of nitrogens with one attached hydrogen (secondary N) is 1. The normalized spacial score (nSPS) is 20.0. The molecule has 2 atom stereocenters. The van der Waals surface area contributed by atoms with Crippen LogP contribution in [0.5, 0.6) is 0 Å². The highest BCUT2D eigenvalue weighted by molar-refractivity contribution is 5.85. The van der Waals surface area contributed by atoms with Crippen molar-refractivity contribution in [3.8, 4) is 11.4 Å². The van der Waals surface area contributed by atoms with Crippen LogP contribution < -0.4 is 5.32 Å². The van der Waals surface area contributed by atoms with Gasteiger partial charge in [0, 0.05) is 18.2 Å². The fourth-order valence-electron chi connectivity index (χ4n) is 3.09. The van der Waals surface area contributed by atoms with Crippen molar-refractivity contribution in [1.82, 2.24) is 20.4 Å². The zero-order valence-corrected chi connectivity index (χ0v) is 14.8. The van der Waals surface area contributed by atoms with E-state index >= 15 is 0 Å². The molecule has 0 amide bonds. The lowest BCUT2D eigenvalue weighted by molar-refractivity contribution is 0.126. The molecule has 2 aromatic rings. The molecule has 126 valence electrons. The molecule has 0 bridgehead atoms. The Bertz CT molecular complexity index is 631. The molecule has 3 rings (SSSR count). The molecule has 0 aliphatic carbocycles. The molecule has 1 aromatic heterocycles. The Hall–Kier alpha value is -1.43. The third-order valence-corrected chi connectivity index (χ3v) is 4.59. The zero-order valence-electron chi connectivity index (χ0n) is 14.0. The predicted octanol–water partition coefficient (Wildman–Crippen LogP) is 3.21. The summed E-state index contributed by atoms with van der Waals surface area (Å²) in [6, 6.07) is 8.83. The maximum absolute atomic E-state index is 5.53. The summed E-state index contributed by atoms with van der Waals surface area (Å²) in [6.45, 7) is 6.32. The number of aryl methyl sites for hydroxylation is 1. The third-order valence-electron chi connectivity index (χ3n) is 4.59. The molecule has 23 heavy (non-hydrogen) atoms. The number of nitrogens with zero attached hydrogens (tertiary/aromatic N) is 3. The van der Waals surface area contributed by atoms with Gasteiger partial charge in [0.2, 0.25) is 11.7 Å². The highest BCUT2D eigenvalue weighted by Crippen LogP contribution is 2.26.